The van der Waals surface area contributed by atoms with Crippen molar-refractivity contribution in [2.45, 2.75) is 18.9 Å². The molecule has 1 aliphatic rings. The van der Waals surface area contributed by atoms with E-state index in [-0.39, 0.29) is 0 Å². The molecule has 1 saturated carbocycles. The summed E-state index contributed by atoms with van der Waals surface area (Å²) in [5, 5.41) is 3.34. The Bertz CT molecular complexity index is 224. The Hall–Kier alpha value is -0.960. The lowest BCUT2D eigenvalue weighted by Crippen LogP contribution is -2.39. The van der Waals surface area contributed by atoms with Gasteiger partial charge >= 0.3 is 0 Å². The van der Waals surface area contributed by atoms with Gasteiger partial charge in [-0.3, -0.25) is 0 Å². The molecule has 0 aliphatic heterocycles. The third-order valence-corrected chi connectivity index (χ3v) is 2.45. The fourth-order valence-corrected chi connectivity index (χ4v) is 1.65. The van der Waals surface area contributed by atoms with E-state index in [9.17, 15) is 0 Å². The van der Waals surface area contributed by atoms with Crippen LogP contribution in [0.1, 0.15) is 12.8 Å². The van der Waals surface area contributed by atoms with E-state index in [2.05, 4.69) is 10.3 Å². The van der Waals surface area contributed by atoms with E-state index in [1.807, 2.05) is 18.3 Å². The maximum Gasteiger partial charge on any atom is 0.103 e. The largest absolute Gasteiger partial charge is 0.371 e. The number of hydrogen-bond donors (Lipinski definition) is 3. The highest BCUT2D eigenvalue weighted by molar-refractivity contribution is 5.34. The average Bonchev–Trinajstić information content (AvgIpc) is 2.47. The molecule has 2 rings (SSSR count). The smallest absolute Gasteiger partial charge is 0.103 e. The van der Waals surface area contributed by atoms with Crippen molar-refractivity contribution in [3.8, 4) is 0 Å². The molecule has 12 heavy (non-hydrogen) atoms. The molecule has 3 nitrogen and oxygen atoms in total. The summed E-state index contributed by atoms with van der Waals surface area (Å²) in [7, 11) is 0. The van der Waals surface area contributed by atoms with Gasteiger partial charge in [-0.05, 0) is 30.9 Å². The van der Waals surface area contributed by atoms with Crippen molar-refractivity contribution >= 4 is 5.82 Å². The number of anilines is 1. The summed E-state index contributed by atoms with van der Waals surface area (Å²) in [4.78, 5) is 3.11. The van der Waals surface area contributed by atoms with Crippen molar-refractivity contribution < 1.29 is 0 Å². The second-order valence-electron chi connectivity index (χ2n) is 3.56. The lowest BCUT2D eigenvalue weighted by atomic mass is 9.81. The second-order valence-corrected chi connectivity index (χ2v) is 3.56. The molecule has 1 fully saturated rings. The van der Waals surface area contributed by atoms with E-state index < -0.39 is 0 Å². The Balaban J connectivity index is 1.70. The van der Waals surface area contributed by atoms with Crippen LogP contribution in [0.15, 0.2) is 18.3 Å². The first-order valence-corrected chi connectivity index (χ1v) is 4.47. The van der Waals surface area contributed by atoms with Gasteiger partial charge in [0.05, 0.1) is 0 Å². The first kappa shape index (κ1) is 7.68. The zero-order valence-electron chi connectivity index (χ0n) is 7.09. The van der Waals surface area contributed by atoms with Gasteiger partial charge < -0.3 is 16.0 Å². The maximum atomic E-state index is 5.68. The molecule has 0 saturated heterocycles. The van der Waals surface area contributed by atoms with E-state index in [1.54, 1.807) is 0 Å². The van der Waals surface area contributed by atoms with Crippen molar-refractivity contribution in [1.29, 1.82) is 0 Å². The van der Waals surface area contributed by atoms with Gasteiger partial charge in [-0.2, -0.15) is 0 Å². The van der Waals surface area contributed by atoms with Crippen LogP contribution in [-0.2, 0) is 0 Å². The molecule has 1 aromatic rings. The standard InChI is InChI=1S/C9H15N3/c10-8-4-7(5-8)6-12-9-2-1-3-11-9/h1-3,7-8,11-12H,4-6,10H2. The van der Waals surface area contributed by atoms with Crippen LogP contribution in [0.5, 0.6) is 0 Å². The maximum absolute atomic E-state index is 5.68. The van der Waals surface area contributed by atoms with Crippen molar-refractivity contribution in [3.05, 3.63) is 18.3 Å². The first-order valence-electron chi connectivity index (χ1n) is 4.47. The highest BCUT2D eigenvalue weighted by Crippen LogP contribution is 2.25. The first-order chi connectivity index (χ1) is 5.84. The Morgan fingerprint density at radius 2 is 2.42 bits per heavy atom. The fourth-order valence-electron chi connectivity index (χ4n) is 1.65. The molecule has 0 spiro atoms. The number of hydrogen-bond acceptors (Lipinski definition) is 2. The molecular weight excluding hydrogens is 150 g/mol. The molecule has 0 amide bonds. The van der Waals surface area contributed by atoms with E-state index in [4.69, 9.17) is 5.73 Å². The number of aromatic amines is 1. The SMILES string of the molecule is NC1CC(CNc2ccc[nH]2)C1. The van der Waals surface area contributed by atoms with Crippen LogP contribution < -0.4 is 11.1 Å². The number of nitrogens with one attached hydrogen (secondary N) is 2. The predicted octanol–water partition coefficient (Wildman–Crippen LogP) is 1.16. The highest BCUT2D eigenvalue weighted by Gasteiger charge is 2.25. The summed E-state index contributed by atoms with van der Waals surface area (Å²) in [5.74, 6) is 1.89. The van der Waals surface area contributed by atoms with Gasteiger partial charge in [0.15, 0.2) is 0 Å². The van der Waals surface area contributed by atoms with Gasteiger partial charge in [-0.1, -0.05) is 0 Å². The average molecular weight is 165 g/mol. The Kier molecular flexibility index (Phi) is 2.04. The second kappa shape index (κ2) is 3.19. The van der Waals surface area contributed by atoms with Crippen molar-refractivity contribution in [2.75, 3.05) is 11.9 Å². The molecule has 1 aromatic heterocycles. The Morgan fingerprint density at radius 3 is 3.00 bits per heavy atom. The van der Waals surface area contributed by atoms with Crippen LogP contribution in [0.25, 0.3) is 0 Å². The Labute approximate surface area is 72.3 Å². The van der Waals surface area contributed by atoms with Crippen molar-refractivity contribution in [3.63, 3.8) is 0 Å². The molecule has 0 unspecified atom stereocenters. The quantitative estimate of drug-likeness (QED) is 0.629. The van der Waals surface area contributed by atoms with Crippen LogP contribution in [0, 0.1) is 5.92 Å². The number of aromatic nitrogens is 1. The van der Waals surface area contributed by atoms with E-state index >= 15 is 0 Å². The van der Waals surface area contributed by atoms with Crippen LogP contribution in [0.2, 0.25) is 0 Å². The molecule has 0 aromatic carbocycles. The molecular formula is C9H15N3. The summed E-state index contributed by atoms with van der Waals surface area (Å²) < 4.78 is 0. The molecule has 0 atom stereocenters. The van der Waals surface area contributed by atoms with Crippen LogP contribution in [0.3, 0.4) is 0 Å². The number of rotatable bonds is 3. The molecule has 0 bridgehead atoms. The van der Waals surface area contributed by atoms with Gasteiger partial charge in [0.2, 0.25) is 0 Å². The zero-order chi connectivity index (χ0) is 8.39. The third kappa shape index (κ3) is 1.61. The predicted molar refractivity (Wildman–Crippen MR) is 50.0 cm³/mol. The number of nitrogens with two attached hydrogens (primary N) is 1. The van der Waals surface area contributed by atoms with Gasteiger partial charge in [0.1, 0.15) is 5.82 Å². The lowest BCUT2D eigenvalue weighted by molar-refractivity contribution is 0.280. The summed E-state index contributed by atoms with van der Waals surface area (Å²) in [6, 6.07) is 4.49. The van der Waals surface area contributed by atoms with Gasteiger partial charge in [0, 0.05) is 18.8 Å². The normalized spacial score (nSPS) is 28.1. The lowest BCUT2D eigenvalue weighted by Gasteiger charge is -2.32. The molecule has 4 N–H and O–H groups in total. The van der Waals surface area contributed by atoms with E-state index in [1.165, 1.54) is 12.8 Å². The fraction of sp³-hybridized carbons (Fsp3) is 0.556. The molecule has 3 heteroatoms. The third-order valence-electron chi connectivity index (χ3n) is 2.45. The highest BCUT2D eigenvalue weighted by atomic mass is 15.0. The van der Waals surface area contributed by atoms with Gasteiger partial charge in [-0.25, -0.2) is 0 Å². The topological polar surface area (TPSA) is 53.8 Å². The Morgan fingerprint density at radius 1 is 1.58 bits per heavy atom. The minimum absolute atomic E-state index is 0.459. The zero-order valence-corrected chi connectivity index (χ0v) is 7.09. The molecule has 1 aliphatic carbocycles. The van der Waals surface area contributed by atoms with Crippen molar-refractivity contribution in [1.82, 2.24) is 4.98 Å². The monoisotopic (exact) mass is 165 g/mol. The summed E-state index contributed by atoms with van der Waals surface area (Å²) >= 11 is 0. The molecule has 1 heterocycles. The van der Waals surface area contributed by atoms with Gasteiger partial charge in [-0.15, -0.1) is 0 Å². The van der Waals surface area contributed by atoms with Crippen molar-refractivity contribution in [2.24, 2.45) is 11.7 Å². The van der Waals surface area contributed by atoms with Crippen LogP contribution >= 0.6 is 0 Å². The molecule has 0 radical (unpaired) electrons. The van der Waals surface area contributed by atoms with E-state index in [0.29, 0.717) is 6.04 Å². The molecule has 66 valence electrons. The summed E-state index contributed by atoms with van der Waals surface area (Å²) in [6.07, 6.45) is 4.27. The minimum atomic E-state index is 0.459. The summed E-state index contributed by atoms with van der Waals surface area (Å²) in [5.41, 5.74) is 5.68. The minimum Gasteiger partial charge on any atom is -0.371 e. The number of H-pyrrole nitrogens is 1. The van der Waals surface area contributed by atoms with Crippen LogP contribution in [-0.4, -0.2) is 17.6 Å². The van der Waals surface area contributed by atoms with Gasteiger partial charge in [0.25, 0.3) is 0 Å². The van der Waals surface area contributed by atoms with Crippen LogP contribution in [0.4, 0.5) is 5.82 Å². The van der Waals surface area contributed by atoms with E-state index in [0.717, 1.165) is 18.3 Å². The summed E-state index contributed by atoms with van der Waals surface area (Å²) in [6.45, 7) is 1.05.